The van der Waals surface area contributed by atoms with Gasteiger partial charge in [-0.15, -0.1) is 11.3 Å². The van der Waals surface area contributed by atoms with Crippen LogP contribution in [-0.2, 0) is 4.74 Å². The second-order valence-corrected chi connectivity index (χ2v) is 8.10. The first kappa shape index (κ1) is 22.6. The van der Waals surface area contributed by atoms with Crippen LogP contribution in [0.4, 0.5) is 10.7 Å². The van der Waals surface area contributed by atoms with Gasteiger partial charge in [-0.2, -0.15) is 0 Å². The highest BCUT2D eigenvalue weighted by Crippen LogP contribution is 2.40. The molecule has 2 aromatic carbocycles. The topological polar surface area (TPSA) is 68.8 Å². The Morgan fingerprint density at radius 3 is 2.45 bits per heavy atom. The summed E-state index contributed by atoms with van der Waals surface area (Å²) < 4.78 is 16.0. The summed E-state index contributed by atoms with van der Waals surface area (Å²) in [6, 6.07) is 15.1. The van der Waals surface area contributed by atoms with Gasteiger partial charge >= 0.3 is 5.97 Å². The molecule has 0 atom stereocenters. The molecule has 0 saturated heterocycles. The highest BCUT2D eigenvalue weighted by atomic mass is 32.1. The molecule has 0 saturated carbocycles. The van der Waals surface area contributed by atoms with Crippen LogP contribution < -0.4 is 20.1 Å². The molecule has 162 valence electrons. The molecule has 2 N–H and O–H groups in total. The van der Waals surface area contributed by atoms with Crippen molar-refractivity contribution in [2.24, 2.45) is 0 Å². The van der Waals surface area contributed by atoms with Crippen LogP contribution in [0.15, 0.2) is 48.5 Å². The molecule has 1 heterocycles. The highest BCUT2D eigenvalue weighted by molar-refractivity contribution is 7.80. The Hall–Kier alpha value is -3.10. The van der Waals surface area contributed by atoms with Gasteiger partial charge in [0.05, 0.1) is 26.5 Å². The fourth-order valence-electron chi connectivity index (χ4n) is 3.14. The minimum Gasteiger partial charge on any atom is -0.497 e. The number of thiophene rings is 1. The molecule has 1 aromatic heterocycles. The molecule has 0 fully saturated rings. The summed E-state index contributed by atoms with van der Waals surface area (Å²) in [4.78, 5) is 13.8. The van der Waals surface area contributed by atoms with Crippen molar-refractivity contribution >= 4 is 45.3 Å². The SMILES string of the molecule is CCOC(=O)c1c(NC(=S)Nc2ccc(OC)cc2OC)sc(C)c1-c1ccccc1. The van der Waals surface area contributed by atoms with E-state index in [1.165, 1.54) is 11.3 Å². The number of hydrogen-bond donors (Lipinski definition) is 2. The van der Waals surface area contributed by atoms with E-state index in [9.17, 15) is 4.79 Å². The fraction of sp³-hybridized carbons (Fsp3) is 0.217. The van der Waals surface area contributed by atoms with Gasteiger partial charge in [-0.3, -0.25) is 0 Å². The van der Waals surface area contributed by atoms with Gasteiger partial charge in [-0.1, -0.05) is 30.3 Å². The molecule has 31 heavy (non-hydrogen) atoms. The predicted octanol–water partition coefficient (Wildman–Crippen LogP) is 5.73. The number of ether oxygens (including phenoxy) is 3. The lowest BCUT2D eigenvalue weighted by Crippen LogP contribution is -2.20. The second kappa shape index (κ2) is 10.3. The van der Waals surface area contributed by atoms with Crippen LogP contribution in [0.2, 0.25) is 0 Å². The maximum Gasteiger partial charge on any atom is 0.341 e. The van der Waals surface area contributed by atoms with Crippen molar-refractivity contribution in [3.05, 3.63) is 59.0 Å². The first-order valence-electron chi connectivity index (χ1n) is 9.64. The molecule has 0 radical (unpaired) electrons. The Kier molecular flexibility index (Phi) is 7.49. The predicted molar refractivity (Wildman–Crippen MR) is 130 cm³/mol. The minimum absolute atomic E-state index is 0.285. The van der Waals surface area contributed by atoms with Gasteiger partial charge in [0.25, 0.3) is 0 Å². The lowest BCUT2D eigenvalue weighted by atomic mass is 10.0. The summed E-state index contributed by atoms with van der Waals surface area (Å²) in [6.45, 7) is 4.05. The molecule has 0 aliphatic heterocycles. The van der Waals surface area contributed by atoms with E-state index in [1.54, 1.807) is 33.3 Å². The van der Waals surface area contributed by atoms with E-state index >= 15 is 0 Å². The zero-order valence-electron chi connectivity index (χ0n) is 17.8. The number of rotatable bonds is 7. The van der Waals surface area contributed by atoms with Crippen LogP contribution in [0.1, 0.15) is 22.2 Å². The summed E-state index contributed by atoms with van der Waals surface area (Å²) in [5, 5.41) is 7.24. The van der Waals surface area contributed by atoms with Crippen LogP contribution in [0, 0.1) is 6.92 Å². The number of carbonyl (C=O) groups excluding carboxylic acids is 1. The van der Waals surface area contributed by atoms with E-state index in [0.29, 0.717) is 32.9 Å². The Balaban J connectivity index is 1.92. The van der Waals surface area contributed by atoms with E-state index in [-0.39, 0.29) is 6.61 Å². The third-order valence-corrected chi connectivity index (χ3v) is 5.74. The third kappa shape index (κ3) is 5.15. The molecule has 8 heteroatoms. The molecule has 3 rings (SSSR count). The molecule has 0 aliphatic rings. The summed E-state index contributed by atoms with van der Waals surface area (Å²) in [6.07, 6.45) is 0. The zero-order valence-corrected chi connectivity index (χ0v) is 19.4. The first-order chi connectivity index (χ1) is 15.0. The van der Waals surface area contributed by atoms with Crippen molar-refractivity contribution in [3.8, 4) is 22.6 Å². The van der Waals surface area contributed by atoms with E-state index in [2.05, 4.69) is 10.6 Å². The van der Waals surface area contributed by atoms with Crippen molar-refractivity contribution in [1.82, 2.24) is 0 Å². The lowest BCUT2D eigenvalue weighted by Gasteiger charge is -2.14. The van der Waals surface area contributed by atoms with Gasteiger partial charge in [0.2, 0.25) is 0 Å². The number of carbonyl (C=O) groups is 1. The monoisotopic (exact) mass is 456 g/mol. The molecule has 0 spiro atoms. The summed E-state index contributed by atoms with van der Waals surface area (Å²) in [5.41, 5.74) is 2.94. The molecule has 0 amide bonds. The van der Waals surface area contributed by atoms with E-state index in [1.807, 2.05) is 43.3 Å². The summed E-state index contributed by atoms with van der Waals surface area (Å²) in [5.74, 6) is 0.867. The number of hydrogen-bond acceptors (Lipinski definition) is 6. The number of methoxy groups -OCH3 is 2. The quantitative estimate of drug-likeness (QED) is 0.348. The third-order valence-electron chi connectivity index (χ3n) is 4.51. The largest absolute Gasteiger partial charge is 0.497 e. The highest BCUT2D eigenvalue weighted by Gasteiger charge is 2.25. The molecule has 0 bridgehead atoms. The van der Waals surface area contributed by atoms with E-state index < -0.39 is 5.97 Å². The van der Waals surface area contributed by atoms with Crippen LogP contribution >= 0.6 is 23.6 Å². The molecule has 0 unspecified atom stereocenters. The minimum atomic E-state index is -0.391. The van der Waals surface area contributed by atoms with Crippen LogP contribution in [0.5, 0.6) is 11.5 Å². The second-order valence-electron chi connectivity index (χ2n) is 6.47. The van der Waals surface area contributed by atoms with E-state index in [4.69, 9.17) is 26.4 Å². The Bertz CT molecular complexity index is 1080. The van der Waals surface area contributed by atoms with Crippen molar-refractivity contribution in [1.29, 1.82) is 0 Å². The Morgan fingerprint density at radius 2 is 1.81 bits per heavy atom. The average Bonchev–Trinajstić information content (AvgIpc) is 3.10. The van der Waals surface area contributed by atoms with Crippen molar-refractivity contribution in [2.75, 3.05) is 31.5 Å². The molecule has 0 aliphatic carbocycles. The van der Waals surface area contributed by atoms with Crippen LogP contribution in [0.25, 0.3) is 11.1 Å². The summed E-state index contributed by atoms with van der Waals surface area (Å²) >= 11 is 6.97. The molecular weight excluding hydrogens is 432 g/mol. The Labute approximate surface area is 191 Å². The van der Waals surface area contributed by atoms with Gasteiger partial charge in [0.15, 0.2) is 5.11 Å². The first-order valence-corrected chi connectivity index (χ1v) is 10.9. The average molecular weight is 457 g/mol. The van der Waals surface area contributed by atoms with Crippen LogP contribution in [-0.4, -0.2) is 31.9 Å². The normalized spacial score (nSPS) is 10.3. The number of benzene rings is 2. The van der Waals surface area contributed by atoms with Gasteiger partial charge in [0.1, 0.15) is 22.1 Å². The van der Waals surface area contributed by atoms with Crippen LogP contribution in [0.3, 0.4) is 0 Å². The van der Waals surface area contributed by atoms with Gasteiger partial charge < -0.3 is 24.8 Å². The number of nitrogens with one attached hydrogen (secondary N) is 2. The maximum absolute atomic E-state index is 12.8. The number of aryl methyl sites for hydroxylation is 1. The van der Waals surface area contributed by atoms with Gasteiger partial charge in [0, 0.05) is 16.5 Å². The molecular formula is C23H24N2O4S2. The molecule has 6 nitrogen and oxygen atoms in total. The van der Waals surface area contributed by atoms with Gasteiger partial charge in [-0.25, -0.2) is 4.79 Å². The van der Waals surface area contributed by atoms with E-state index in [0.717, 1.165) is 16.0 Å². The maximum atomic E-state index is 12.8. The smallest absolute Gasteiger partial charge is 0.341 e. The van der Waals surface area contributed by atoms with Gasteiger partial charge in [-0.05, 0) is 43.8 Å². The standard InChI is InChI=1S/C23H24N2O4S2/c1-5-29-22(26)20-19(15-9-7-6-8-10-15)14(2)31-21(20)25-23(30)24-17-12-11-16(27-3)13-18(17)28-4/h6-13H,5H2,1-4H3,(H2,24,25,30). The van der Waals surface area contributed by atoms with Crippen molar-refractivity contribution < 1.29 is 19.0 Å². The lowest BCUT2D eigenvalue weighted by molar-refractivity contribution is 0.0529. The van der Waals surface area contributed by atoms with Crippen molar-refractivity contribution in [2.45, 2.75) is 13.8 Å². The Morgan fingerprint density at radius 1 is 1.06 bits per heavy atom. The zero-order chi connectivity index (χ0) is 22.4. The number of thiocarbonyl (C=S) groups is 1. The molecule has 3 aromatic rings. The number of anilines is 2. The summed E-state index contributed by atoms with van der Waals surface area (Å²) in [7, 11) is 3.17. The van der Waals surface area contributed by atoms with Crippen molar-refractivity contribution in [3.63, 3.8) is 0 Å². The fourth-order valence-corrected chi connectivity index (χ4v) is 4.49. The number of esters is 1.